The summed E-state index contributed by atoms with van der Waals surface area (Å²) in [4.78, 5) is 8.95. The van der Waals surface area contributed by atoms with Crippen molar-refractivity contribution in [3.8, 4) is 29.1 Å². The molecule has 0 saturated heterocycles. The average Bonchev–Trinajstić information content (AvgIpc) is 3.16. The maximum atomic E-state index is 9.94. The number of aliphatic hydroxyl groups is 1. The lowest BCUT2D eigenvalue weighted by Crippen LogP contribution is -2.28. The Morgan fingerprint density at radius 1 is 1.21 bits per heavy atom. The second-order valence-electron chi connectivity index (χ2n) is 8.51. The molecule has 1 atom stereocenters. The number of fused-ring (bicyclic) bond motifs is 1. The number of nitrogens with zero attached hydrogens (tertiary/aromatic N) is 4. The fraction of sp³-hybridized carbons (Fsp3) is 0.280. The maximum Gasteiger partial charge on any atom is 0.227 e. The van der Waals surface area contributed by atoms with Gasteiger partial charge >= 0.3 is 0 Å². The molecule has 1 aliphatic heterocycles. The van der Waals surface area contributed by atoms with Gasteiger partial charge in [-0.25, -0.2) is 9.97 Å². The van der Waals surface area contributed by atoms with Crippen molar-refractivity contribution in [2.45, 2.75) is 32.3 Å². The van der Waals surface area contributed by atoms with Gasteiger partial charge in [-0.2, -0.15) is 10.5 Å². The van der Waals surface area contributed by atoms with Gasteiger partial charge in [-0.3, -0.25) is 0 Å². The summed E-state index contributed by atoms with van der Waals surface area (Å²) >= 11 is 0. The van der Waals surface area contributed by atoms with Gasteiger partial charge in [-0.05, 0) is 55.8 Å². The number of anilines is 3. The van der Waals surface area contributed by atoms with Gasteiger partial charge in [-0.15, -0.1) is 0 Å². The smallest absolute Gasteiger partial charge is 0.227 e. The van der Waals surface area contributed by atoms with Gasteiger partial charge in [0.25, 0.3) is 0 Å². The molecule has 0 amide bonds. The zero-order valence-corrected chi connectivity index (χ0v) is 18.7. The third-order valence-corrected chi connectivity index (χ3v) is 5.58. The predicted molar refractivity (Wildman–Crippen MR) is 125 cm³/mol. The molecule has 1 aromatic heterocycles. The normalized spacial score (nSPS) is 16.5. The molecule has 0 aliphatic carbocycles. The summed E-state index contributed by atoms with van der Waals surface area (Å²) in [5.41, 5.74) is 4.12. The van der Waals surface area contributed by atoms with E-state index >= 15 is 0 Å². The van der Waals surface area contributed by atoms with Gasteiger partial charge < -0.3 is 20.5 Å². The van der Waals surface area contributed by atoms with Crippen molar-refractivity contribution in [1.82, 2.24) is 9.97 Å². The molecule has 1 aliphatic rings. The van der Waals surface area contributed by atoms with E-state index in [0.29, 0.717) is 40.8 Å². The lowest BCUT2D eigenvalue weighted by molar-refractivity contribution is 0.219. The minimum atomic E-state index is -0.480. The van der Waals surface area contributed by atoms with Gasteiger partial charge in [-0.1, -0.05) is 6.92 Å². The molecule has 0 spiro atoms. The lowest BCUT2D eigenvalue weighted by Gasteiger charge is -2.21. The number of aliphatic hydroxyl groups excluding tert-OH is 1. The van der Waals surface area contributed by atoms with Crippen LogP contribution in [0.5, 0.6) is 5.75 Å². The number of nitrogens with one attached hydrogen (secondary N) is 2. The van der Waals surface area contributed by atoms with E-state index in [2.05, 4.69) is 32.7 Å². The Bertz CT molecular complexity index is 1290. The van der Waals surface area contributed by atoms with Gasteiger partial charge in [0.15, 0.2) is 0 Å². The second kappa shape index (κ2) is 8.78. The molecule has 2 heterocycles. The topological polar surface area (TPSA) is 127 Å². The third-order valence-electron chi connectivity index (χ3n) is 5.58. The molecule has 8 nitrogen and oxygen atoms in total. The molecule has 4 rings (SSSR count). The van der Waals surface area contributed by atoms with Gasteiger partial charge in [0.1, 0.15) is 11.8 Å². The Morgan fingerprint density at radius 3 is 2.73 bits per heavy atom. The average molecular weight is 441 g/mol. The molecule has 0 saturated carbocycles. The maximum absolute atomic E-state index is 9.94. The fourth-order valence-corrected chi connectivity index (χ4v) is 3.82. The molecule has 2 aromatic carbocycles. The monoisotopic (exact) mass is 440 g/mol. The first-order valence-corrected chi connectivity index (χ1v) is 10.6. The van der Waals surface area contributed by atoms with Crippen molar-refractivity contribution in [3.63, 3.8) is 0 Å². The van der Waals surface area contributed by atoms with Crippen molar-refractivity contribution >= 4 is 17.3 Å². The van der Waals surface area contributed by atoms with Crippen molar-refractivity contribution in [3.05, 3.63) is 59.3 Å². The quantitative estimate of drug-likeness (QED) is 0.523. The van der Waals surface area contributed by atoms with Crippen LogP contribution in [-0.2, 0) is 5.41 Å². The zero-order chi connectivity index (χ0) is 23.6. The number of rotatable bonds is 6. The highest BCUT2D eigenvalue weighted by molar-refractivity contribution is 5.76. The first-order valence-electron chi connectivity index (χ1n) is 10.6. The predicted octanol–water partition coefficient (Wildman–Crippen LogP) is 4.09. The third kappa shape index (κ3) is 4.30. The van der Waals surface area contributed by atoms with Crippen LogP contribution in [0.1, 0.15) is 37.5 Å². The Hall–Kier alpha value is -4.14. The SMILES string of the molecule is CC(C)Oc1ccc(C#N)cc1Nc1nccc(-c2cc(C#N)c3c(c2)C(C)(CO)CN3)n1. The Kier molecular flexibility index (Phi) is 5.87. The van der Waals surface area contributed by atoms with Crippen molar-refractivity contribution in [1.29, 1.82) is 10.5 Å². The second-order valence-corrected chi connectivity index (χ2v) is 8.51. The van der Waals surface area contributed by atoms with Crippen LogP contribution >= 0.6 is 0 Å². The number of nitriles is 2. The van der Waals surface area contributed by atoms with Crippen LogP contribution in [0.2, 0.25) is 0 Å². The standard InChI is InChI=1S/C25H24N6O2/c1-15(2)33-22-5-4-16(11-26)8-21(22)31-24-28-7-6-20(30-24)17-9-18(12-27)23-19(10-17)25(3,14-32)13-29-23/h4-10,15,29,32H,13-14H2,1-3H3,(H,28,30,31). The highest BCUT2D eigenvalue weighted by atomic mass is 16.5. The Labute approximate surface area is 192 Å². The first kappa shape index (κ1) is 22.1. The molecule has 1 unspecified atom stereocenters. The van der Waals surface area contributed by atoms with E-state index in [9.17, 15) is 15.6 Å². The van der Waals surface area contributed by atoms with E-state index in [1.54, 1.807) is 36.5 Å². The molecular weight excluding hydrogens is 416 g/mol. The number of benzene rings is 2. The van der Waals surface area contributed by atoms with Gasteiger partial charge in [0.05, 0.1) is 47.0 Å². The molecule has 0 fully saturated rings. The van der Waals surface area contributed by atoms with Crippen molar-refractivity contribution < 1.29 is 9.84 Å². The number of hydrogen-bond acceptors (Lipinski definition) is 8. The summed E-state index contributed by atoms with van der Waals surface area (Å²) in [5.74, 6) is 0.922. The van der Waals surface area contributed by atoms with E-state index in [4.69, 9.17) is 4.74 Å². The summed E-state index contributed by atoms with van der Waals surface area (Å²) in [5, 5.41) is 35.3. The van der Waals surface area contributed by atoms with Crippen molar-refractivity contribution in [2.24, 2.45) is 0 Å². The number of hydrogen-bond donors (Lipinski definition) is 3. The summed E-state index contributed by atoms with van der Waals surface area (Å²) in [6.45, 7) is 6.33. The number of ether oxygens (including phenoxy) is 1. The van der Waals surface area contributed by atoms with Gasteiger partial charge in [0.2, 0.25) is 5.95 Å². The summed E-state index contributed by atoms with van der Waals surface area (Å²) in [6, 6.07) is 15.0. The van der Waals surface area contributed by atoms with E-state index in [1.807, 2.05) is 26.8 Å². The lowest BCUT2D eigenvalue weighted by atomic mass is 9.83. The molecule has 0 radical (unpaired) electrons. The molecule has 8 heteroatoms. The van der Waals surface area contributed by atoms with Crippen LogP contribution in [0.3, 0.4) is 0 Å². The molecular formula is C25H24N6O2. The summed E-state index contributed by atoms with van der Waals surface area (Å²) in [7, 11) is 0. The van der Waals surface area contributed by atoms with Crippen LogP contribution in [-0.4, -0.2) is 34.3 Å². The highest BCUT2D eigenvalue weighted by Crippen LogP contribution is 2.41. The minimum Gasteiger partial charge on any atom is -0.489 e. The molecule has 3 aromatic rings. The van der Waals surface area contributed by atoms with Crippen LogP contribution in [0.25, 0.3) is 11.3 Å². The van der Waals surface area contributed by atoms with E-state index < -0.39 is 5.41 Å². The zero-order valence-electron chi connectivity index (χ0n) is 18.7. The Balaban J connectivity index is 1.73. The first-order chi connectivity index (χ1) is 15.9. The summed E-state index contributed by atoms with van der Waals surface area (Å²) < 4.78 is 5.85. The fourth-order valence-electron chi connectivity index (χ4n) is 3.82. The number of aromatic nitrogens is 2. The van der Waals surface area contributed by atoms with Crippen LogP contribution in [0.4, 0.5) is 17.3 Å². The Morgan fingerprint density at radius 2 is 2.03 bits per heavy atom. The minimum absolute atomic E-state index is 0.0359. The van der Waals surface area contributed by atoms with E-state index in [-0.39, 0.29) is 12.7 Å². The molecule has 33 heavy (non-hydrogen) atoms. The van der Waals surface area contributed by atoms with E-state index in [0.717, 1.165) is 16.8 Å². The highest BCUT2D eigenvalue weighted by Gasteiger charge is 2.36. The van der Waals surface area contributed by atoms with E-state index in [1.165, 1.54) is 0 Å². The van der Waals surface area contributed by atoms with Crippen LogP contribution in [0, 0.1) is 22.7 Å². The summed E-state index contributed by atoms with van der Waals surface area (Å²) in [6.07, 6.45) is 1.58. The van der Waals surface area contributed by atoms with Crippen LogP contribution < -0.4 is 15.4 Å². The van der Waals surface area contributed by atoms with Gasteiger partial charge in [0, 0.05) is 23.7 Å². The molecule has 166 valence electrons. The molecule has 0 bridgehead atoms. The molecule has 3 N–H and O–H groups in total. The largest absolute Gasteiger partial charge is 0.489 e. The van der Waals surface area contributed by atoms with Crippen LogP contribution in [0.15, 0.2) is 42.6 Å². The van der Waals surface area contributed by atoms with Crippen molar-refractivity contribution in [2.75, 3.05) is 23.8 Å².